The molecule has 0 saturated carbocycles. The number of ether oxygens (including phenoxy) is 1. The molecule has 2 aliphatic rings. The first-order valence-electron chi connectivity index (χ1n) is 10.2. The van der Waals surface area contributed by atoms with E-state index in [-0.39, 0.29) is 28.5 Å². The zero-order valence-electron chi connectivity index (χ0n) is 18.6. The first-order chi connectivity index (χ1) is 16.4. The van der Waals surface area contributed by atoms with Crippen LogP contribution in [0.2, 0.25) is 0 Å². The molecule has 3 N–H and O–H groups in total. The van der Waals surface area contributed by atoms with Gasteiger partial charge in [-0.25, -0.2) is 4.79 Å². The van der Waals surface area contributed by atoms with E-state index in [1.807, 2.05) is 6.92 Å². The van der Waals surface area contributed by atoms with Crippen LogP contribution in [-0.4, -0.2) is 57.9 Å². The molecule has 0 aromatic heterocycles. The van der Waals surface area contributed by atoms with Crippen molar-refractivity contribution in [3.8, 4) is 0 Å². The Labute approximate surface area is 205 Å². The standard InChI is InChI=1S/C15H15N3O5S.C7H8O3S/c1-8-7-24-14-11(16)13(19)17(14)12(8)15(20)23-6-9-2-4-10(5-3-9)18(21)22;1-6-2-4-7(5-3-6)11(8,9)10/h2-5,11-12,14H,1,6-7,16H2;2-5H,1H3,(H,8,9,10)/t11?,12?,14-;/m0./s1. The van der Waals surface area contributed by atoms with Gasteiger partial charge < -0.3 is 15.4 Å². The van der Waals surface area contributed by atoms with E-state index >= 15 is 0 Å². The Kier molecular flexibility index (Phi) is 7.95. The van der Waals surface area contributed by atoms with Crippen LogP contribution in [0.3, 0.4) is 0 Å². The Morgan fingerprint density at radius 3 is 2.40 bits per heavy atom. The Balaban J connectivity index is 0.000000261. The number of hydrogen-bond donors (Lipinski definition) is 2. The summed E-state index contributed by atoms with van der Waals surface area (Å²) in [5.41, 5.74) is 7.88. The number of hydrogen-bond acceptors (Lipinski definition) is 9. The molecule has 2 saturated heterocycles. The number of amides is 1. The van der Waals surface area contributed by atoms with Crippen molar-refractivity contribution in [1.82, 2.24) is 4.90 Å². The van der Waals surface area contributed by atoms with Crippen LogP contribution in [0, 0.1) is 17.0 Å². The van der Waals surface area contributed by atoms with Crippen molar-refractivity contribution in [2.75, 3.05) is 5.75 Å². The summed E-state index contributed by atoms with van der Waals surface area (Å²) in [6, 6.07) is 10.3. The van der Waals surface area contributed by atoms with Crippen molar-refractivity contribution in [3.05, 3.63) is 81.9 Å². The van der Waals surface area contributed by atoms with Crippen LogP contribution in [0.5, 0.6) is 0 Å². The highest BCUT2D eigenvalue weighted by atomic mass is 32.2. The van der Waals surface area contributed by atoms with Gasteiger partial charge in [0.1, 0.15) is 18.0 Å². The Bertz CT molecular complexity index is 1250. The lowest BCUT2D eigenvalue weighted by Gasteiger charge is -2.51. The van der Waals surface area contributed by atoms with Gasteiger partial charge in [0.15, 0.2) is 6.04 Å². The Hall–Kier alpha value is -3.26. The molecule has 2 fully saturated rings. The fourth-order valence-electron chi connectivity index (χ4n) is 3.37. The second kappa shape index (κ2) is 10.6. The predicted octanol–water partition coefficient (Wildman–Crippen LogP) is 2.05. The number of thioether (sulfide) groups is 1. The van der Waals surface area contributed by atoms with E-state index in [2.05, 4.69) is 6.58 Å². The summed E-state index contributed by atoms with van der Waals surface area (Å²) in [6.07, 6.45) is 0. The number of β-lactam (4-membered cyclic amide) rings is 1. The minimum atomic E-state index is -4.02. The third-order valence-corrected chi connectivity index (χ3v) is 7.56. The molecule has 2 aromatic carbocycles. The molecule has 2 aromatic rings. The average Bonchev–Trinajstić information content (AvgIpc) is 2.82. The number of carbonyl (C=O) groups excluding carboxylic acids is 2. The highest BCUT2D eigenvalue weighted by molar-refractivity contribution is 8.00. The molecule has 0 bridgehead atoms. The summed E-state index contributed by atoms with van der Waals surface area (Å²) in [6.45, 7) is 5.66. The molecule has 4 rings (SSSR count). The number of benzene rings is 2. The lowest BCUT2D eigenvalue weighted by atomic mass is 9.99. The van der Waals surface area contributed by atoms with Gasteiger partial charge in [-0.15, -0.1) is 11.8 Å². The molecule has 186 valence electrons. The number of nitrogens with zero attached hydrogens (tertiary/aromatic N) is 2. The predicted molar refractivity (Wildman–Crippen MR) is 128 cm³/mol. The highest BCUT2D eigenvalue weighted by Gasteiger charge is 2.54. The molecule has 2 unspecified atom stereocenters. The van der Waals surface area contributed by atoms with Gasteiger partial charge in [-0.1, -0.05) is 24.3 Å². The van der Waals surface area contributed by atoms with Crippen molar-refractivity contribution < 1.29 is 32.2 Å². The minimum absolute atomic E-state index is 0.0352. The summed E-state index contributed by atoms with van der Waals surface area (Å²) < 4.78 is 34.8. The molecular weight excluding hydrogens is 498 g/mol. The SMILES string of the molecule is C=C1CS[C@H]2C(N)C(=O)N2C1C(=O)OCc1ccc([N+](=O)[O-])cc1.Cc1ccc(S(=O)(=O)O)cc1. The van der Waals surface area contributed by atoms with Crippen LogP contribution in [0.15, 0.2) is 65.6 Å². The molecule has 13 heteroatoms. The van der Waals surface area contributed by atoms with Crippen LogP contribution >= 0.6 is 11.8 Å². The van der Waals surface area contributed by atoms with Gasteiger partial charge in [0.05, 0.1) is 9.82 Å². The molecule has 3 atom stereocenters. The normalized spacial score (nSPS) is 21.2. The van der Waals surface area contributed by atoms with E-state index in [0.29, 0.717) is 16.9 Å². The topological polar surface area (TPSA) is 170 Å². The van der Waals surface area contributed by atoms with Crippen molar-refractivity contribution in [3.63, 3.8) is 0 Å². The smallest absolute Gasteiger partial charge is 0.333 e. The fourth-order valence-corrected chi connectivity index (χ4v) is 5.11. The van der Waals surface area contributed by atoms with Crippen LogP contribution in [0.1, 0.15) is 11.1 Å². The van der Waals surface area contributed by atoms with Crippen molar-refractivity contribution in [2.45, 2.75) is 35.9 Å². The molecule has 2 heterocycles. The number of nitrogens with two attached hydrogens (primary N) is 1. The number of rotatable bonds is 5. The van der Waals surface area contributed by atoms with Crippen molar-refractivity contribution in [2.24, 2.45) is 5.73 Å². The second-order valence-corrected chi connectivity index (χ2v) is 10.4. The molecule has 1 amide bonds. The number of fused-ring (bicyclic) bond motifs is 1. The Morgan fingerprint density at radius 2 is 1.86 bits per heavy atom. The largest absolute Gasteiger partial charge is 0.459 e. The summed E-state index contributed by atoms with van der Waals surface area (Å²) in [4.78, 5) is 35.7. The quantitative estimate of drug-likeness (QED) is 0.148. The van der Waals surface area contributed by atoms with Gasteiger partial charge in [0.25, 0.3) is 15.8 Å². The summed E-state index contributed by atoms with van der Waals surface area (Å²) in [7, 11) is -4.02. The third kappa shape index (κ3) is 6.06. The van der Waals surface area contributed by atoms with Crippen LogP contribution in [-0.2, 0) is 31.1 Å². The second-order valence-electron chi connectivity index (χ2n) is 7.85. The van der Waals surface area contributed by atoms with E-state index in [1.54, 1.807) is 12.1 Å². The molecular formula is C22H23N3O8S2. The van der Waals surface area contributed by atoms with E-state index < -0.39 is 33.1 Å². The fraction of sp³-hybridized carbons (Fsp3) is 0.273. The van der Waals surface area contributed by atoms with Crippen LogP contribution < -0.4 is 5.73 Å². The van der Waals surface area contributed by atoms with Crippen LogP contribution in [0.25, 0.3) is 0 Å². The van der Waals surface area contributed by atoms with Gasteiger partial charge in [-0.2, -0.15) is 8.42 Å². The average molecular weight is 522 g/mol. The van der Waals surface area contributed by atoms with Gasteiger partial charge in [-0.05, 0) is 42.3 Å². The molecule has 0 aliphatic carbocycles. The lowest BCUT2D eigenvalue weighted by molar-refractivity contribution is -0.384. The number of aryl methyl sites for hydroxylation is 1. The number of nitro benzene ring substituents is 1. The van der Waals surface area contributed by atoms with Gasteiger partial charge >= 0.3 is 5.97 Å². The van der Waals surface area contributed by atoms with E-state index in [0.717, 1.165) is 5.56 Å². The minimum Gasteiger partial charge on any atom is -0.459 e. The van der Waals surface area contributed by atoms with E-state index in [1.165, 1.54) is 53.1 Å². The van der Waals surface area contributed by atoms with E-state index in [9.17, 15) is 28.1 Å². The van der Waals surface area contributed by atoms with Crippen molar-refractivity contribution >= 4 is 39.4 Å². The number of carbonyl (C=O) groups is 2. The summed E-state index contributed by atoms with van der Waals surface area (Å²) in [5, 5.41) is 10.4. The number of esters is 1. The van der Waals surface area contributed by atoms with Crippen molar-refractivity contribution in [1.29, 1.82) is 0 Å². The molecule has 35 heavy (non-hydrogen) atoms. The van der Waals surface area contributed by atoms with Crippen LogP contribution in [0.4, 0.5) is 5.69 Å². The number of non-ortho nitro benzene ring substituents is 1. The highest BCUT2D eigenvalue weighted by Crippen LogP contribution is 2.39. The Morgan fingerprint density at radius 1 is 1.26 bits per heavy atom. The zero-order chi connectivity index (χ0) is 25.9. The maximum atomic E-state index is 12.4. The summed E-state index contributed by atoms with van der Waals surface area (Å²) >= 11 is 1.48. The monoisotopic (exact) mass is 521 g/mol. The zero-order valence-corrected chi connectivity index (χ0v) is 20.2. The first kappa shape index (κ1) is 26.3. The first-order valence-corrected chi connectivity index (χ1v) is 12.7. The molecule has 0 radical (unpaired) electrons. The van der Waals surface area contributed by atoms with E-state index in [4.69, 9.17) is 15.0 Å². The third-order valence-electron chi connectivity index (χ3n) is 5.30. The maximum absolute atomic E-state index is 12.4. The molecule has 11 nitrogen and oxygen atoms in total. The molecule has 2 aliphatic heterocycles. The number of nitro groups is 1. The van der Waals surface area contributed by atoms with Gasteiger partial charge in [0.2, 0.25) is 5.91 Å². The molecule has 0 spiro atoms. The van der Waals surface area contributed by atoms with Gasteiger partial charge in [0, 0.05) is 17.9 Å². The maximum Gasteiger partial charge on any atom is 0.333 e. The summed E-state index contributed by atoms with van der Waals surface area (Å²) in [5.74, 6) is -0.311. The lowest BCUT2D eigenvalue weighted by Crippen LogP contribution is -2.73. The van der Waals surface area contributed by atoms with Gasteiger partial charge in [-0.3, -0.25) is 19.5 Å².